The van der Waals surface area contributed by atoms with E-state index in [1.54, 1.807) is 4.31 Å². The topological polar surface area (TPSA) is 49.4 Å². The van der Waals surface area contributed by atoms with Crippen molar-refractivity contribution < 1.29 is 8.42 Å². The van der Waals surface area contributed by atoms with E-state index < -0.39 is 10.0 Å². The predicted octanol–water partition coefficient (Wildman–Crippen LogP) is 1.72. The molecule has 0 amide bonds. The van der Waals surface area contributed by atoms with Gasteiger partial charge in [0.15, 0.2) is 0 Å². The van der Waals surface area contributed by atoms with Crippen LogP contribution in [0.1, 0.15) is 51.4 Å². The zero-order valence-electron chi connectivity index (χ0n) is 11.7. The second-order valence-electron chi connectivity index (χ2n) is 6.68. The van der Waals surface area contributed by atoms with Crippen LogP contribution < -0.4 is 5.32 Å². The van der Waals surface area contributed by atoms with Crippen molar-refractivity contribution in [3.05, 3.63) is 0 Å². The third-order valence-corrected chi connectivity index (χ3v) is 7.39. The van der Waals surface area contributed by atoms with Crippen LogP contribution in [-0.4, -0.2) is 44.2 Å². The lowest BCUT2D eigenvalue weighted by atomic mass is 9.78. The molecule has 0 aromatic heterocycles. The van der Waals surface area contributed by atoms with Gasteiger partial charge in [0.2, 0.25) is 10.0 Å². The molecule has 3 rings (SSSR count). The highest BCUT2D eigenvalue weighted by Gasteiger charge is 2.40. The van der Waals surface area contributed by atoms with Gasteiger partial charge in [-0.1, -0.05) is 12.8 Å². The number of rotatable bonds is 3. The summed E-state index contributed by atoms with van der Waals surface area (Å²) in [6.45, 7) is 2.49. The largest absolute Gasteiger partial charge is 0.313 e. The molecule has 1 unspecified atom stereocenters. The van der Waals surface area contributed by atoms with E-state index in [0.29, 0.717) is 11.2 Å². The Morgan fingerprint density at radius 1 is 1.05 bits per heavy atom. The summed E-state index contributed by atoms with van der Waals surface area (Å²) in [5.74, 6) is 0.306. The summed E-state index contributed by atoms with van der Waals surface area (Å²) < 4.78 is 26.6. The lowest BCUT2D eigenvalue weighted by Gasteiger charge is -2.39. The molecule has 1 spiro atoms. The standard InChI is InChI=1S/C14H26N2O2S/c17-19(18,12-13-4-3-9-15-13)16-10-7-14(8-11-16)5-1-2-6-14/h13,15H,1-12H2. The quantitative estimate of drug-likeness (QED) is 0.859. The molecule has 1 N–H and O–H groups in total. The number of piperidine rings is 1. The molecule has 2 aliphatic heterocycles. The SMILES string of the molecule is O=S(=O)(CC1CCCN1)N1CCC2(CCCC2)CC1. The van der Waals surface area contributed by atoms with Gasteiger partial charge in [0.1, 0.15) is 0 Å². The average Bonchev–Trinajstić information content (AvgIpc) is 3.02. The normalized spacial score (nSPS) is 32.1. The van der Waals surface area contributed by atoms with Crippen molar-refractivity contribution in [2.24, 2.45) is 5.41 Å². The van der Waals surface area contributed by atoms with Gasteiger partial charge in [-0.25, -0.2) is 12.7 Å². The molecule has 0 bridgehead atoms. The van der Waals surface area contributed by atoms with E-state index >= 15 is 0 Å². The zero-order valence-corrected chi connectivity index (χ0v) is 12.6. The summed E-state index contributed by atoms with van der Waals surface area (Å²) in [6.07, 6.45) is 9.64. The van der Waals surface area contributed by atoms with E-state index in [2.05, 4.69) is 5.32 Å². The molecule has 2 saturated heterocycles. The van der Waals surface area contributed by atoms with Crippen molar-refractivity contribution in [1.82, 2.24) is 9.62 Å². The monoisotopic (exact) mass is 286 g/mol. The molecule has 2 heterocycles. The van der Waals surface area contributed by atoms with Crippen molar-refractivity contribution in [2.75, 3.05) is 25.4 Å². The maximum atomic E-state index is 12.4. The van der Waals surface area contributed by atoms with E-state index in [0.717, 1.165) is 45.3 Å². The van der Waals surface area contributed by atoms with Crippen LogP contribution in [0.15, 0.2) is 0 Å². The highest BCUT2D eigenvalue weighted by molar-refractivity contribution is 7.89. The molecule has 0 radical (unpaired) electrons. The van der Waals surface area contributed by atoms with Crippen LogP contribution >= 0.6 is 0 Å². The van der Waals surface area contributed by atoms with Crippen LogP contribution in [0, 0.1) is 5.41 Å². The van der Waals surface area contributed by atoms with E-state index in [1.807, 2.05) is 0 Å². The van der Waals surface area contributed by atoms with Crippen molar-refractivity contribution in [1.29, 1.82) is 0 Å². The molecule has 19 heavy (non-hydrogen) atoms. The molecule has 1 aliphatic carbocycles. The van der Waals surface area contributed by atoms with Crippen LogP contribution in [0.4, 0.5) is 0 Å². The van der Waals surface area contributed by atoms with E-state index in [-0.39, 0.29) is 6.04 Å². The maximum Gasteiger partial charge on any atom is 0.215 e. The molecule has 1 atom stereocenters. The Labute approximate surface area is 117 Å². The summed E-state index contributed by atoms with van der Waals surface area (Å²) in [5, 5.41) is 3.29. The van der Waals surface area contributed by atoms with Crippen molar-refractivity contribution in [3.8, 4) is 0 Å². The smallest absolute Gasteiger partial charge is 0.215 e. The minimum absolute atomic E-state index is 0.187. The molecule has 4 nitrogen and oxygen atoms in total. The molecule has 1 saturated carbocycles. The summed E-state index contributed by atoms with van der Waals surface area (Å²) >= 11 is 0. The van der Waals surface area contributed by atoms with Crippen LogP contribution in [0.2, 0.25) is 0 Å². The fourth-order valence-electron chi connectivity index (χ4n) is 4.12. The molecule has 3 fully saturated rings. The van der Waals surface area contributed by atoms with Gasteiger partial charge >= 0.3 is 0 Å². The minimum atomic E-state index is -3.04. The molecule has 5 heteroatoms. The van der Waals surface area contributed by atoms with E-state index in [9.17, 15) is 8.42 Å². The lowest BCUT2D eigenvalue weighted by Crippen LogP contribution is -2.45. The van der Waals surface area contributed by atoms with Gasteiger partial charge in [-0.05, 0) is 50.5 Å². The van der Waals surface area contributed by atoms with Crippen molar-refractivity contribution in [3.63, 3.8) is 0 Å². The lowest BCUT2D eigenvalue weighted by molar-refractivity contribution is 0.160. The summed E-state index contributed by atoms with van der Waals surface area (Å²) in [7, 11) is -3.04. The third kappa shape index (κ3) is 2.98. The predicted molar refractivity (Wildman–Crippen MR) is 76.5 cm³/mol. The fourth-order valence-corrected chi connectivity index (χ4v) is 5.87. The van der Waals surface area contributed by atoms with Gasteiger partial charge in [-0.3, -0.25) is 0 Å². The number of hydrogen-bond donors (Lipinski definition) is 1. The first-order valence-corrected chi connectivity index (χ1v) is 9.42. The Balaban J connectivity index is 1.57. The molecule has 0 aromatic rings. The Hall–Kier alpha value is -0.130. The van der Waals surface area contributed by atoms with Crippen LogP contribution in [0.25, 0.3) is 0 Å². The van der Waals surface area contributed by atoms with Gasteiger partial charge < -0.3 is 5.32 Å². The van der Waals surface area contributed by atoms with E-state index in [4.69, 9.17) is 0 Å². The number of nitrogens with one attached hydrogen (secondary N) is 1. The molecular weight excluding hydrogens is 260 g/mol. The first kappa shape index (κ1) is 13.8. The fraction of sp³-hybridized carbons (Fsp3) is 1.00. The Bertz CT molecular complexity index is 399. The first-order valence-electron chi connectivity index (χ1n) is 7.81. The zero-order chi connectivity index (χ0) is 13.3. The Morgan fingerprint density at radius 3 is 2.32 bits per heavy atom. The molecule has 110 valence electrons. The van der Waals surface area contributed by atoms with Crippen LogP contribution in [-0.2, 0) is 10.0 Å². The van der Waals surface area contributed by atoms with Gasteiger partial charge in [-0.2, -0.15) is 0 Å². The second kappa shape index (κ2) is 5.34. The van der Waals surface area contributed by atoms with Gasteiger partial charge in [-0.15, -0.1) is 0 Å². The summed E-state index contributed by atoms with van der Waals surface area (Å²) in [4.78, 5) is 0. The number of hydrogen-bond acceptors (Lipinski definition) is 3. The minimum Gasteiger partial charge on any atom is -0.313 e. The highest BCUT2D eigenvalue weighted by atomic mass is 32.2. The van der Waals surface area contributed by atoms with Crippen molar-refractivity contribution >= 4 is 10.0 Å². The van der Waals surface area contributed by atoms with Gasteiger partial charge in [0.05, 0.1) is 5.75 Å². The number of nitrogens with zero attached hydrogens (tertiary/aromatic N) is 1. The number of sulfonamides is 1. The van der Waals surface area contributed by atoms with Gasteiger partial charge in [0, 0.05) is 19.1 Å². The third-order valence-electron chi connectivity index (χ3n) is 5.41. The highest BCUT2D eigenvalue weighted by Crippen LogP contribution is 2.46. The van der Waals surface area contributed by atoms with Crippen LogP contribution in [0.3, 0.4) is 0 Å². The van der Waals surface area contributed by atoms with Gasteiger partial charge in [0.25, 0.3) is 0 Å². The Kier molecular flexibility index (Phi) is 3.89. The van der Waals surface area contributed by atoms with E-state index in [1.165, 1.54) is 25.7 Å². The second-order valence-corrected chi connectivity index (χ2v) is 8.69. The molecule has 3 aliphatic rings. The summed E-state index contributed by atoms with van der Waals surface area (Å²) in [6, 6.07) is 0.187. The molecular formula is C14H26N2O2S. The molecule has 0 aromatic carbocycles. The average molecular weight is 286 g/mol. The first-order chi connectivity index (χ1) is 9.10. The van der Waals surface area contributed by atoms with Crippen LogP contribution in [0.5, 0.6) is 0 Å². The summed E-state index contributed by atoms with van der Waals surface area (Å²) in [5.41, 5.74) is 0.498. The maximum absolute atomic E-state index is 12.4. The Morgan fingerprint density at radius 2 is 1.74 bits per heavy atom. The van der Waals surface area contributed by atoms with Crippen molar-refractivity contribution in [2.45, 2.75) is 57.4 Å².